The topological polar surface area (TPSA) is 54.9 Å². The Morgan fingerprint density at radius 2 is 2.17 bits per heavy atom. The van der Waals surface area contributed by atoms with Crippen LogP contribution in [-0.4, -0.2) is 15.6 Å². The first-order valence-corrected chi connectivity index (χ1v) is 3.76. The van der Waals surface area contributed by atoms with E-state index in [-0.39, 0.29) is 11.3 Å². The van der Waals surface area contributed by atoms with Crippen LogP contribution >= 0.6 is 0 Å². The summed E-state index contributed by atoms with van der Waals surface area (Å²) < 4.78 is 1.38. The van der Waals surface area contributed by atoms with Gasteiger partial charge in [0.1, 0.15) is 5.78 Å². The number of hydrogen-bond acceptors (Lipinski definition) is 2. The summed E-state index contributed by atoms with van der Waals surface area (Å²) in [6, 6.07) is 0. The van der Waals surface area contributed by atoms with E-state index in [1.165, 1.54) is 11.6 Å². The summed E-state index contributed by atoms with van der Waals surface area (Å²) in [5, 5.41) is 2.83. The molecule has 12 heavy (non-hydrogen) atoms. The predicted molar refractivity (Wildman–Crippen MR) is 45.2 cm³/mol. The van der Waals surface area contributed by atoms with Crippen molar-refractivity contribution >= 4 is 5.78 Å². The monoisotopic (exact) mass is 168 g/mol. The minimum absolute atomic E-state index is 0.0555. The van der Waals surface area contributed by atoms with Crippen molar-refractivity contribution in [3.63, 3.8) is 0 Å². The molecule has 0 unspecified atom stereocenters. The fourth-order valence-corrected chi connectivity index (χ4v) is 1.14. The van der Waals surface area contributed by atoms with Gasteiger partial charge in [-0.3, -0.25) is 19.4 Å². The maximum absolute atomic E-state index is 11.2. The second kappa shape index (κ2) is 2.97. The maximum Gasteiger partial charge on any atom is 0.269 e. The van der Waals surface area contributed by atoms with Crippen LogP contribution in [0.3, 0.4) is 0 Å². The molecule has 0 amide bonds. The van der Waals surface area contributed by atoms with E-state index in [1.54, 1.807) is 14.0 Å². The molecule has 0 spiro atoms. The molecule has 1 heterocycles. The molecule has 1 rings (SSSR count). The highest BCUT2D eigenvalue weighted by Crippen LogP contribution is 1.99. The SMILES string of the molecule is CC(=O)Cc1[nH]n(C)c(=O)c1C. The number of aryl methyl sites for hydroxylation is 1. The van der Waals surface area contributed by atoms with E-state index in [0.29, 0.717) is 12.0 Å². The van der Waals surface area contributed by atoms with Crippen LogP contribution in [0.5, 0.6) is 0 Å². The lowest BCUT2D eigenvalue weighted by atomic mass is 10.2. The largest absolute Gasteiger partial charge is 0.300 e. The van der Waals surface area contributed by atoms with Crippen LogP contribution in [0.4, 0.5) is 0 Å². The number of nitrogens with zero attached hydrogens (tertiary/aromatic N) is 1. The van der Waals surface area contributed by atoms with Gasteiger partial charge in [-0.1, -0.05) is 0 Å². The number of carbonyl (C=O) groups is 1. The third-order valence-corrected chi connectivity index (χ3v) is 1.81. The van der Waals surface area contributed by atoms with Crippen molar-refractivity contribution in [2.75, 3.05) is 0 Å². The zero-order valence-corrected chi connectivity index (χ0v) is 7.47. The fraction of sp³-hybridized carbons (Fsp3) is 0.500. The van der Waals surface area contributed by atoms with Crippen molar-refractivity contribution in [3.8, 4) is 0 Å². The summed E-state index contributed by atoms with van der Waals surface area (Å²) in [7, 11) is 1.64. The third-order valence-electron chi connectivity index (χ3n) is 1.81. The second-order valence-electron chi connectivity index (χ2n) is 2.96. The first kappa shape index (κ1) is 8.77. The molecule has 0 aliphatic heterocycles. The van der Waals surface area contributed by atoms with Crippen LogP contribution in [0.15, 0.2) is 4.79 Å². The molecular formula is C8H12N2O2. The number of aromatic nitrogens is 2. The van der Waals surface area contributed by atoms with Gasteiger partial charge in [0.25, 0.3) is 5.56 Å². The molecule has 0 atom stereocenters. The van der Waals surface area contributed by atoms with E-state index in [0.717, 1.165) is 5.69 Å². The Bertz CT molecular complexity index is 360. The average molecular weight is 168 g/mol. The first-order valence-electron chi connectivity index (χ1n) is 3.76. The van der Waals surface area contributed by atoms with Crippen molar-refractivity contribution in [1.29, 1.82) is 0 Å². The van der Waals surface area contributed by atoms with Gasteiger partial charge in [-0.05, 0) is 13.8 Å². The van der Waals surface area contributed by atoms with Gasteiger partial charge in [-0.15, -0.1) is 0 Å². The lowest BCUT2D eigenvalue weighted by Crippen LogP contribution is -2.12. The van der Waals surface area contributed by atoms with E-state index in [4.69, 9.17) is 0 Å². The van der Waals surface area contributed by atoms with Crippen LogP contribution in [-0.2, 0) is 18.3 Å². The van der Waals surface area contributed by atoms with E-state index in [1.807, 2.05) is 0 Å². The van der Waals surface area contributed by atoms with Crippen molar-refractivity contribution in [2.24, 2.45) is 7.05 Å². The van der Waals surface area contributed by atoms with Gasteiger partial charge in [-0.25, -0.2) is 0 Å². The van der Waals surface area contributed by atoms with Crippen LogP contribution in [0.2, 0.25) is 0 Å². The molecular weight excluding hydrogens is 156 g/mol. The molecule has 4 nitrogen and oxygen atoms in total. The summed E-state index contributed by atoms with van der Waals surface area (Å²) in [4.78, 5) is 21.9. The van der Waals surface area contributed by atoms with E-state index in [9.17, 15) is 9.59 Å². The van der Waals surface area contributed by atoms with E-state index in [2.05, 4.69) is 5.10 Å². The van der Waals surface area contributed by atoms with Gasteiger partial charge >= 0.3 is 0 Å². The van der Waals surface area contributed by atoms with Crippen molar-refractivity contribution in [3.05, 3.63) is 21.6 Å². The summed E-state index contributed by atoms with van der Waals surface area (Å²) in [5.41, 5.74) is 1.29. The average Bonchev–Trinajstić information content (AvgIpc) is 2.17. The highest BCUT2D eigenvalue weighted by atomic mass is 16.1. The van der Waals surface area contributed by atoms with Crippen molar-refractivity contribution in [1.82, 2.24) is 9.78 Å². The zero-order chi connectivity index (χ0) is 9.30. The van der Waals surface area contributed by atoms with E-state index >= 15 is 0 Å². The van der Waals surface area contributed by atoms with Gasteiger partial charge in [0.05, 0.1) is 0 Å². The number of hydrogen-bond donors (Lipinski definition) is 1. The van der Waals surface area contributed by atoms with Gasteiger partial charge < -0.3 is 0 Å². The molecule has 66 valence electrons. The molecule has 0 aliphatic carbocycles. The van der Waals surface area contributed by atoms with Gasteiger partial charge in [0, 0.05) is 24.7 Å². The maximum atomic E-state index is 11.2. The number of nitrogens with one attached hydrogen (secondary N) is 1. The lowest BCUT2D eigenvalue weighted by Gasteiger charge is -1.92. The Kier molecular flexibility index (Phi) is 2.17. The Morgan fingerprint density at radius 1 is 1.58 bits per heavy atom. The molecule has 0 aromatic carbocycles. The number of carbonyl (C=O) groups excluding carboxylic acids is 1. The molecule has 0 saturated carbocycles. The smallest absolute Gasteiger partial charge is 0.269 e. The number of ketones is 1. The molecule has 0 radical (unpaired) electrons. The Hall–Kier alpha value is -1.32. The Labute approximate surface area is 70.2 Å². The summed E-state index contributed by atoms with van der Waals surface area (Å²) in [6.07, 6.45) is 0.307. The van der Waals surface area contributed by atoms with Gasteiger partial charge in [0.15, 0.2) is 0 Å². The van der Waals surface area contributed by atoms with Crippen LogP contribution in [0.25, 0.3) is 0 Å². The zero-order valence-electron chi connectivity index (χ0n) is 7.47. The molecule has 0 aliphatic rings. The van der Waals surface area contributed by atoms with Crippen molar-refractivity contribution in [2.45, 2.75) is 20.3 Å². The third kappa shape index (κ3) is 1.47. The summed E-state index contributed by atoms with van der Waals surface area (Å²) in [6.45, 7) is 3.22. The van der Waals surface area contributed by atoms with Gasteiger partial charge in [0.2, 0.25) is 0 Å². The molecule has 1 aromatic heterocycles. The summed E-state index contributed by atoms with van der Waals surface area (Å²) >= 11 is 0. The highest BCUT2D eigenvalue weighted by Gasteiger charge is 2.08. The number of H-pyrrole nitrogens is 1. The van der Waals surface area contributed by atoms with E-state index < -0.39 is 0 Å². The molecule has 0 bridgehead atoms. The summed E-state index contributed by atoms with van der Waals surface area (Å²) in [5.74, 6) is 0.0555. The Balaban J connectivity index is 3.10. The highest BCUT2D eigenvalue weighted by molar-refractivity contribution is 5.77. The Morgan fingerprint density at radius 3 is 2.50 bits per heavy atom. The molecule has 0 fully saturated rings. The molecule has 0 saturated heterocycles. The lowest BCUT2D eigenvalue weighted by molar-refractivity contribution is -0.116. The predicted octanol–water partition coefficient (Wildman–Crippen LogP) is 0.153. The molecule has 1 N–H and O–H groups in total. The van der Waals surface area contributed by atoms with Crippen LogP contribution in [0.1, 0.15) is 18.2 Å². The normalized spacial score (nSPS) is 10.2. The second-order valence-corrected chi connectivity index (χ2v) is 2.96. The number of rotatable bonds is 2. The molecule has 4 heteroatoms. The quantitative estimate of drug-likeness (QED) is 0.683. The first-order chi connectivity index (χ1) is 5.52. The minimum Gasteiger partial charge on any atom is -0.300 e. The number of Topliss-reactive ketones (excluding diaryl/α,β-unsaturated/α-hetero) is 1. The standard InChI is InChI=1S/C8H12N2O2/c1-5(11)4-7-6(2)8(12)10(3)9-7/h9H,4H2,1-3H3. The van der Waals surface area contributed by atoms with Gasteiger partial charge in [-0.2, -0.15) is 0 Å². The van der Waals surface area contributed by atoms with Crippen molar-refractivity contribution < 1.29 is 4.79 Å². The fourth-order valence-electron chi connectivity index (χ4n) is 1.14. The molecule has 1 aromatic rings. The number of aromatic amines is 1. The van der Waals surface area contributed by atoms with Crippen LogP contribution < -0.4 is 5.56 Å². The minimum atomic E-state index is -0.0637. The van der Waals surface area contributed by atoms with Crippen LogP contribution in [0, 0.1) is 6.92 Å².